The van der Waals surface area contributed by atoms with Gasteiger partial charge in [0.2, 0.25) is 5.91 Å². The van der Waals surface area contributed by atoms with Crippen molar-refractivity contribution in [2.75, 3.05) is 6.54 Å². The predicted octanol–water partition coefficient (Wildman–Crippen LogP) is 4.36. The van der Waals surface area contributed by atoms with Crippen LogP contribution in [0.15, 0.2) is 23.4 Å². The molecule has 4 heteroatoms. The third-order valence-corrected chi connectivity index (χ3v) is 6.41. The Morgan fingerprint density at radius 2 is 2.04 bits per heavy atom. The van der Waals surface area contributed by atoms with Crippen molar-refractivity contribution in [2.45, 2.75) is 72.6 Å². The molecule has 4 nitrogen and oxygen atoms in total. The molecule has 0 spiro atoms. The molecule has 2 unspecified atom stereocenters. The summed E-state index contributed by atoms with van der Waals surface area (Å²) in [5.41, 5.74) is 7.09. The standard InChI is InChI=1S/C23H38N2O2/c1-5-17-9-11-21(20(14-17)22(26)7-6-12-24)25-23(27)19-13-16(4)8-10-18(19)15(2)3/h9,11,15-19H,5-8,10,12-14,24H2,1-4H3,(H,25,27)/t16?,17?,18-,19+/m0/s1. The topological polar surface area (TPSA) is 72.2 Å². The minimum absolute atomic E-state index is 0.0407. The van der Waals surface area contributed by atoms with Crippen LogP contribution in [0.2, 0.25) is 0 Å². The lowest BCUT2D eigenvalue weighted by molar-refractivity contribution is -0.128. The van der Waals surface area contributed by atoms with Crippen LogP contribution in [-0.4, -0.2) is 18.2 Å². The van der Waals surface area contributed by atoms with Crippen LogP contribution >= 0.6 is 0 Å². The minimum Gasteiger partial charge on any atom is -0.330 e. The van der Waals surface area contributed by atoms with Crippen LogP contribution < -0.4 is 11.1 Å². The molecule has 2 aliphatic carbocycles. The highest BCUT2D eigenvalue weighted by molar-refractivity contribution is 5.97. The van der Waals surface area contributed by atoms with E-state index >= 15 is 0 Å². The van der Waals surface area contributed by atoms with Gasteiger partial charge in [-0.1, -0.05) is 40.2 Å². The summed E-state index contributed by atoms with van der Waals surface area (Å²) in [6, 6.07) is 0. The fraction of sp³-hybridized carbons (Fsp3) is 0.739. The van der Waals surface area contributed by atoms with Crippen molar-refractivity contribution in [1.29, 1.82) is 0 Å². The highest BCUT2D eigenvalue weighted by Gasteiger charge is 2.36. The van der Waals surface area contributed by atoms with E-state index in [9.17, 15) is 9.59 Å². The van der Waals surface area contributed by atoms with Gasteiger partial charge >= 0.3 is 0 Å². The van der Waals surface area contributed by atoms with Gasteiger partial charge in [-0.15, -0.1) is 0 Å². The molecule has 0 saturated heterocycles. The van der Waals surface area contributed by atoms with E-state index in [2.05, 4.69) is 39.1 Å². The number of Topliss-reactive ketones (excluding diaryl/α,β-unsaturated/α-hetero) is 1. The maximum Gasteiger partial charge on any atom is 0.227 e. The Hall–Kier alpha value is -1.42. The van der Waals surface area contributed by atoms with Gasteiger partial charge in [-0.05, 0) is 68.4 Å². The summed E-state index contributed by atoms with van der Waals surface area (Å²) in [7, 11) is 0. The van der Waals surface area contributed by atoms with Crippen molar-refractivity contribution >= 4 is 11.7 Å². The molecule has 2 rings (SSSR count). The Morgan fingerprint density at radius 3 is 2.67 bits per heavy atom. The second-order valence-electron chi connectivity index (χ2n) is 8.86. The van der Waals surface area contributed by atoms with Gasteiger partial charge in [0, 0.05) is 23.6 Å². The second kappa shape index (κ2) is 10.2. The van der Waals surface area contributed by atoms with E-state index in [0.717, 1.165) is 37.0 Å². The first-order valence-electron chi connectivity index (χ1n) is 10.8. The number of rotatable bonds is 8. The normalized spacial score (nSPS) is 28.5. The lowest BCUT2D eigenvalue weighted by Crippen LogP contribution is -2.40. The van der Waals surface area contributed by atoms with E-state index < -0.39 is 0 Å². The maximum absolute atomic E-state index is 13.1. The van der Waals surface area contributed by atoms with Gasteiger partial charge in [-0.3, -0.25) is 9.59 Å². The van der Waals surface area contributed by atoms with Gasteiger partial charge < -0.3 is 11.1 Å². The molecule has 1 saturated carbocycles. The summed E-state index contributed by atoms with van der Waals surface area (Å²) >= 11 is 0. The van der Waals surface area contributed by atoms with E-state index in [1.165, 1.54) is 6.42 Å². The zero-order valence-electron chi connectivity index (χ0n) is 17.6. The number of allylic oxidation sites excluding steroid dienone is 3. The van der Waals surface area contributed by atoms with E-state index in [-0.39, 0.29) is 17.6 Å². The first-order chi connectivity index (χ1) is 12.9. The molecule has 1 fully saturated rings. The van der Waals surface area contributed by atoms with Gasteiger partial charge in [0.1, 0.15) is 0 Å². The molecule has 0 aliphatic heterocycles. The molecule has 2 aliphatic rings. The maximum atomic E-state index is 13.1. The van der Waals surface area contributed by atoms with Crippen LogP contribution in [0.4, 0.5) is 0 Å². The first-order valence-corrected chi connectivity index (χ1v) is 10.8. The first kappa shape index (κ1) is 21.9. The van der Waals surface area contributed by atoms with Crippen molar-refractivity contribution in [3.63, 3.8) is 0 Å². The molecule has 0 aromatic heterocycles. The Balaban J connectivity index is 2.19. The number of ketones is 1. The fourth-order valence-corrected chi connectivity index (χ4v) is 4.58. The molecule has 27 heavy (non-hydrogen) atoms. The second-order valence-corrected chi connectivity index (χ2v) is 8.86. The number of carbonyl (C=O) groups excluding carboxylic acids is 2. The monoisotopic (exact) mass is 374 g/mol. The lowest BCUT2D eigenvalue weighted by Gasteiger charge is -2.36. The zero-order valence-corrected chi connectivity index (χ0v) is 17.6. The van der Waals surface area contributed by atoms with E-state index in [1.807, 2.05) is 6.08 Å². The van der Waals surface area contributed by atoms with Crippen LogP contribution in [-0.2, 0) is 9.59 Å². The number of nitrogens with one attached hydrogen (secondary N) is 1. The molecule has 0 aromatic carbocycles. The van der Waals surface area contributed by atoms with Crippen molar-refractivity contribution in [2.24, 2.45) is 35.3 Å². The van der Waals surface area contributed by atoms with E-state index in [0.29, 0.717) is 43.1 Å². The summed E-state index contributed by atoms with van der Waals surface area (Å²) in [6.45, 7) is 9.33. The summed E-state index contributed by atoms with van der Waals surface area (Å²) in [5, 5.41) is 3.15. The van der Waals surface area contributed by atoms with Gasteiger partial charge in [0.15, 0.2) is 5.78 Å². The molecule has 0 bridgehead atoms. The predicted molar refractivity (Wildman–Crippen MR) is 111 cm³/mol. The number of hydrogen-bond donors (Lipinski definition) is 2. The highest BCUT2D eigenvalue weighted by Crippen LogP contribution is 2.38. The molecular formula is C23H38N2O2. The summed E-state index contributed by atoms with van der Waals surface area (Å²) in [6.07, 6.45) is 10.2. The van der Waals surface area contributed by atoms with Gasteiger partial charge in [-0.25, -0.2) is 0 Å². The smallest absolute Gasteiger partial charge is 0.227 e. The van der Waals surface area contributed by atoms with Gasteiger partial charge in [0.25, 0.3) is 0 Å². The number of carbonyl (C=O) groups is 2. The third kappa shape index (κ3) is 5.78. The molecule has 0 heterocycles. The van der Waals surface area contributed by atoms with Crippen LogP contribution in [0, 0.1) is 29.6 Å². The van der Waals surface area contributed by atoms with Crippen molar-refractivity contribution < 1.29 is 9.59 Å². The molecule has 0 radical (unpaired) electrons. The fourth-order valence-electron chi connectivity index (χ4n) is 4.58. The summed E-state index contributed by atoms with van der Waals surface area (Å²) in [4.78, 5) is 25.9. The lowest BCUT2D eigenvalue weighted by atomic mass is 9.69. The highest BCUT2D eigenvalue weighted by atomic mass is 16.2. The molecule has 3 N–H and O–H groups in total. The number of amides is 1. The largest absolute Gasteiger partial charge is 0.330 e. The Morgan fingerprint density at radius 1 is 1.30 bits per heavy atom. The van der Waals surface area contributed by atoms with Crippen molar-refractivity contribution in [1.82, 2.24) is 5.32 Å². The molecular weight excluding hydrogens is 336 g/mol. The Kier molecular flexibility index (Phi) is 8.28. The average molecular weight is 375 g/mol. The van der Waals surface area contributed by atoms with Crippen LogP contribution in [0.3, 0.4) is 0 Å². The Bertz CT molecular complexity index is 591. The zero-order chi connectivity index (χ0) is 20.0. The van der Waals surface area contributed by atoms with Crippen LogP contribution in [0.1, 0.15) is 72.6 Å². The van der Waals surface area contributed by atoms with Crippen LogP contribution in [0.5, 0.6) is 0 Å². The van der Waals surface area contributed by atoms with Crippen molar-refractivity contribution in [3.8, 4) is 0 Å². The summed E-state index contributed by atoms with van der Waals surface area (Å²) in [5.74, 6) is 2.16. The number of hydrogen-bond acceptors (Lipinski definition) is 3. The minimum atomic E-state index is 0.0407. The van der Waals surface area contributed by atoms with E-state index in [1.54, 1.807) is 0 Å². The molecule has 0 aromatic rings. The van der Waals surface area contributed by atoms with E-state index in [4.69, 9.17) is 5.73 Å². The molecule has 1 amide bonds. The van der Waals surface area contributed by atoms with Gasteiger partial charge in [0.05, 0.1) is 0 Å². The Labute approximate surface area is 165 Å². The average Bonchev–Trinajstić information content (AvgIpc) is 2.65. The summed E-state index contributed by atoms with van der Waals surface area (Å²) < 4.78 is 0. The third-order valence-electron chi connectivity index (χ3n) is 6.41. The SMILES string of the molecule is CCC1C=CC(NC(=O)[C@@H]2CC(C)CC[C@H]2C(C)C)=C(C(=O)CCCN)C1. The molecule has 4 atom stereocenters. The van der Waals surface area contributed by atoms with Gasteiger partial charge in [-0.2, -0.15) is 0 Å². The molecule has 152 valence electrons. The number of nitrogens with two attached hydrogens (primary N) is 1. The van der Waals surface area contributed by atoms with Crippen molar-refractivity contribution in [3.05, 3.63) is 23.4 Å². The quantitative estimate of drug-likeness (QED) is 0.663. The van der Waals surface area contributed by atoms with Crippen LogP contribution in [0.25, 0.3) is 0 Å².